The summed E-state index contributed by atoms with van der Waals surface area (Å²) in [7, 11) is -3.73. The number of aromatic nitrogens is 3. The van der Waals surface area contributed by atoms with Crippen LogP contribution in [0, 0.1) is 0 Å². The molecule has 0 aliphatic heterocycles. The van der Waals surface area contributed by atoms with Crippen LogP contribution in [0.15, 0.2) is 45.0 Å². The molecule has 0 radical (unpaired) electrons. The molecule has 0 bridgehead atoms. The summed E-state index contributed by atoms with van der Waals surface area (Å²) < 4.78 is 31.0. The standard InChI is InChI=1S/C10H8N4O4S/c15-10-13-7-2-1-6(3-8(7)18-10)14-19(16,17)9-4-11-5-12-9/h1-5,14H,(H,11,12)(H,13,15). The lowest BCUT2D eigenvalue weighted by Crippen LogP contribution is -2.13. The van der Waals surface area contributed by atoms with E-state index in [4.69, 9.17) is 4.42 Å². The number of aromatic amines is 2. The van der Waals surface area contributed by atoms with Gasteiger partial charge in [0.15, 0.2) is 10.6 Å². The second-order valence-electron chi connectivity index (χ2n) is 3.75. The Balaban J connectivity index is 1.99. The molecule has 19 heavy (non-hydrogen) atoms. The van der Waals surface area contributed by atoms with Gasteiger partial charge in [-0.25, -0.2) is 9.78 Å². The van der Waals surface area contributed by atoms with Crippen LogP contribution >= 0.6 is 0 Å². The number of imidazole rings is 1. The number of hydrogen-bond acceptors (Lipinski definition) is 5. The highest BCUT2D eigenvalue weighted by Gasteiger charge is 2.16. The minimum absolute atomic E-state index is 0.0527. The van der Waals surface area contributed by atoms with Gasteiger partial charge in [0, 0.05) is 6.07 Å². The lowest BCUT2D eigenvalue weighted by Gasteiger charge is -2.05. The molecular weight excluding hydrogens is 272 g/mol. The second-order valence-corrected chi connectivity index (χ2v) is 5.40. The van der Waals surface area contributed by atoms with Gasteiger partial charge in [-0.15, -0.1) is 0 Å². The fraction of sp³-hybridized carbons (Fsp3) is 0. The topological polar surface area (TPSA) is 121 Å². The minimum Gasteiger partial charge on any atom is -0.408 e. The number of nitrogens with zero attached hydrogens (tertiary/aromatic N) is 1. The van der Waals surface area contributed by atoms with Crippen LogP contribution < -0.4 is 10.5 Å². The van der Waals surface area contributed by atoms with Crippen LogP contribution in [-0.4, -0.2) is 23.4 Å². The molecule has 0 saturated carbocycles. The SMILES string of the molecule is O=c1[nH]c2ccc(NS(=O)(=O)c3cnc[nH]3)cc2o1. The Kier molecular flexibility index (Phi) is 2.42. The van der Waals surface area contributed by atoms with E-state index >= 15 is 0 Å². The van der Waals surface area contributed by atoms with Crippen LogP contribution in [0.4, 0.5) is 5.69 Å². The first kappa shape index (κ1) is 11.5. The van der Waals surface area contributed by atoms with Crippen molar-refractivity contribution in [3.63, 3.8) is 0 Å². The maximum atomic E-state index is 11.9. The van der Waals surface area contributed by atoms with Crippen molar-refractivity contribution in [3.05, 3.63) is 41.3 Å². The van der Waals surface area contributed by atoms with Crippen LogP contribution in [0.3, 0.4) is 0 Å². The van der Waals surface area contributed by atoms with Crippen molar-refractivity contribution >= 4 is 26.8 Å². The molecule has 8 nitrogen and oxygen atoms in total. The number of nitrogens with one attached hydrogen (secondary N) is 3. The van der Waals surface area contributed by atoms with Gasteiger partial charge in [0.05, 0.1) is 23.7 Å². The lowest BCUT2D eigenvalue weighted by molar-refractivity contribution is 0.555. The van der Waals surface area contributed by atoms with Crippen LogP contribution in [0.5, 0.6) is 0 Å². The number of sulfonamides is 1. The van der Waals surface area contributed by atoms with Crippen LogP contribution in [-0.2, 0) is 10.0 Å². The first-order valence-electron chi connectivity index (χ1n) is 5.19. The average molecular weight is 280 g/mol. The molecule has 98 valence electrons. The Hall–Kier alpha value is -2.55. The largest absolute Gasteiger partial charge is 0.417 e. The summed E-state index contributed by atoms with van der Waals surface area (Å²) in [6.07, 6.45) is 2.46. The molecule has 0 aliphatic carbocycles. The van der Waals surface area contributed by atoms with E-state index < -0.39 is 15.8 Å². The second kappa shape index (κ2) is 3.99. The number of H-pyrrole nitrogens is 2. The summed E-state index contributed by atoms with van der Waals surface area (Å²) in [5.74, 6) is -0.594. The van der Waals surface area contributed by atoms with E-state index in [0.29, 0.717) is 5.52 Å². The maximum Gasteiger partial charge on any atom is 0.417 e. The molecule has 0 fully saturated rings. The van der Waals surface area contributed by atoms with E-state index in [1.54, 1.807) is 6.07 Å². The van der Waals surface area contributed by atoms with E-state index in [2.05, 4.69) is 19.7 Å². The molecular formula is C10H8N4O4S. The van der Waals surface area contributed by atoms with Crippen LogP contribution in [0.25, 0.3) is 11.1 Å². The summed E-state index contributed by atoms with van der Waals surface area (Å²) >= 11 is 0. The molecule has 3 rings (SSSR count). The van der Waals surface area contributed by atoms with Crippen molar-refractivity contribution in [2.45, 2.75) is 5.03 Å². The number of oxazole rings is 1. The normalized spacial score (nSPS) is 11.8. The van der Waals surface area contributed by atoms with E-state index in [9.17, 15) is 13.2 Å². The van der Waals surface area contributed by atoms with E-state index in [-0.39, 0.29) is 16.3 Å². The molecule has 0 saturated heterocycles. The van der Waals surface area contributed by atoms with Crippen molar-refractivity contribution in [2.24, 2.45) is 0 Å². The van der Waals surface area contributed by atoms with Crippen molar-refractivity contribution in [1.29, 1.82) is 0 Å². The maximum absolute atomic E-state index is 11.9. The Morgan fingerprint density at radius 1 is 1.32 bits per heavy atom. The number of benzene rings is 1. The number of anilines is 1. The Morgan fingerprint density at radius 2 is 2.16 bits per heavy atom. The van der Waals surface area contributed by atoms with E-state index in [1.165, 1.54) is 24.7 Å². The number of fused-ring (bicyclic) bond motifs is 1. The van der Waals surface area contributed by atoms with Crippen molar-refractivity contribution in [2.75, 3.05) is 4.72 Å². The smallest absolute Gasteiger partial charge is 0.408 e. The zero-order chi connectivity index (χ0) is 13.5. The van der Waals surface area contributed by atoms with Crippen molar-refractivity contribution in [3.8, 4) is 0 Å². The third-order valence-corrected chi connectivity index (χ3v) is 3.74. The molecule has 2 heterocycles. The molecule has 3 aromatic rings. The molecule has 0 unspecified atom stereocenters. The fourth-order valence-corrected chi connectivity index (χ4v) is 2.56. The van der Waals surface area contributed by atoms with Gasteiger partial charge in [-0.3, -0.25) is 9.71 Å². The number of hydrogen-bond donors (Lipinski definition) is 3. The third-order valence-electron chi connectivity index (χ3n) is 2.44. The summed E-state index contributed by atoms with van der Waals surface area (Å²) in [4.78, 5) is 19.6. The lowest BCUT2D eigenvalue weighted by atomic mass is 10.3. The minimum atomic E-state index is -3.73. The van der Waals surface area contributed by atoms with E-state index in [1.807, 2.05) is 0 Å². The summed E-state index contributed by atoms with van der Waals surface area (Å²) in [5.41, 5.74) is 1.05. The van der Waals surface area contributed by atoms with Gasteiger partial charge in [0.2, 0.25) is 0 Å². The summed E-state index contributed by atoms with van der Waals surface area (Å²) in [6, 6.07) is 4.48. The van der Waals surface area contributed by atoms with Gasteiger partial charge in [-0.1, -0.05) is 0 Å². The molecule has 3 N–H and O–H groups in total. The highest BCUT2D eigenvalue weighted by Crippen LogP contribution is 2.19. The van der Waals surface area contributed by atoms with Gasteiger partial charge in [0.1, 0.15) is 0 Å². The van der Waals surface area contributed by atoms with E-state index in [0.717, 1.165) is 0 Å². The number of rotatable bonds is 3. The summed E-state index contributed by atoms with van der Waals surface area (Å²) in [5, 5.41) is -0.0527. The molecule has 0 atom stereocenters. The van der Waals surface area contributed by atoms with Crippen LogP contribution in [0.2, 0.25) is 0 Å². The van der Waals surface area contributed by atoms with Gasteiger partial charge in [-0.2, -0.15) is 8.42 Å². The van der Waals surface area contributed by atoms with Crippen molar-refractivity contribution < 1.29 is 12.8 Å². The Bertz CT molecular complexity index is 876. The molecule has 1 aromatic carbocycles. The molecule has 0 aliphatic rings. The highest BCUT2D eigenvalue weighted by atomic mass is 32.2. The monoisotopic (exact) mass is 280 g/mol. The molecule has 0 spiro atoms. The average Bonchev–Trinajstić information content (AvgIpc) is 2.95. The molecule has 2 aromatic heterocycles. The Morgan fingerprint density at radius 3 is 2.89 bits per heavy atom. The predicted molar refractivity (Wildman–Crippen MR) is 66.2 cm³/mol. The molecule has 9 heteroatoms. The van der Waals surface area contributed by atoms with Gasteiger partial charge >= 0.3 is 5.76 Å². The van der Waals surface area contributed by atoms with Crippen molar-refractivity contribution in [1.82, 2.24) is 15.0 Å². The quantitative estimate of drug-likeness (QED) is 0.650. The van der Waals surface area contributed by atoms with Crippen LogP contribution in [0.1, 0.15) is 0 Å². The van der Waals surface area contributed by atoms with Gasteiger partial charge in [-0.05, 0) is 12.1 Å². The first-order chi connectivity index (χ1) is 9.04. The summed E-state index contributed by atoms with van der Waals surface area (Å²) in [6.45, 7) is 0. The predicted octanol–water partition coefficient (Wildman–Crippen LogP) is 0.645. The highest BCUT2D eigenvalue weighted by molar-refractivity contribution is 7.92. The zero-order valence-electron chi connectivity index (χ0n) is 9.38. The Labute approximate surface area is 106 Å². The third kappa shape index (κ3) is 2.10. The van der Waals surface area contributed by atoms with Gasteiger partial charge in [0.25, 0.3) is 10.0 Å². The fourth-order valence-electron chi connectivity index (χ4n) is 1.61. The van der Waals surface area contributed by atoms with Gasteiger partial charge < -0.3 is 9.40 Å². The molecule has 0 amide bonds. The zero-order valence-corrected chi connectivity index (χ0v) is 10.2. The first-order valence-corrected chi connectivity index (χ1v) is 6.67.